The molecular weight excluding hydrogens is 234 g/mol. The van der Waals surface area contributed by atoms with Crippen molar-refractivity contribution in [3.8, 4) is 0 Å². The van der Waals surface area contributed by atoms with E-state index in [-0.39, 0.29) is 0 Å². The minimum absolute atomic E-state index is 0.509. The molecule has 2 N–H and O–H groups in total. The minimum atomic E-state index is -0.704. The van der Waals surface area contributed by atoms with E-state index in [0.717, 1.165) is 11.6 Å². The van der Waals surface area contributed by atoms with E-state index < -0.39 is 5.60 Å². The van der Waals surface area contributed by atoms with E-state index in [0.29, 0.717) is 18.2 Å². The van der Waals surface area contributed by atoms with Gasteiger partial charge in [0.05, 0.1) is 5.60 Å². The molecule has 17 heavy (non-hydrogen) atoms. The molecule has 4 nitrogen and oxygen atoms in total. The van der Waals surface area contributed by atoms with Crippen molar-refractivity contribution in [3.63, 3.8) is 0 Å². The monoisotopic (exact) mass is 253 g/mol. The molecule has 2 rings (SSSR count). The van der Waals surface area contributed by atoms with Crippen LogP contribution in [0.5, 0.6) is 0 Å². The molecule has 0 amide bonds. The van der Waals surface area contributed by atoms with Gasteiger partial charge >= 0.3 is 0 Å². The highest BCUT2D eigenvalue weighted by molar-refractivity contribution is 7.98. The first kappa shape index (κ1) is 12.6. The predicted octanol–water partition coefficient (Wildman–Crippen LogP) is 1.88. The molecular formula is C12H19N3OS. The van der Waals surface area contributed by atoms with Crippen LogP contribution in [0, 0.1) is 0 Å². The van der Waals surface area contributed by atoms with Gasteiger partial charge in [0.25, 0.3) is 0 Å². The summed E-state index contributed by atoms with van der Waals surface area (Å²) in [6, 6.07) is 1.85. The summed E-state index contributed by atoms with van der Waals surface area (Å²) < 4.78 is 0. The number of aromatic nitrogens is 2. The second kappa shape index (κ2) is 5.23. The van der Waals surface area contributed by atoms with Gasteiger partial charge in [-0.2, -0.15) is 11.8 Å². The average molecular weight is 253 g/mol. The topological polar surface area (TPSA) is 58.0 Å². The van der Waals surface area contributed by atoms with E-state index in [4.69, 9.17) is 0 Å². The van der Waals surface area contributed by atoms with Crippen LogP contribution in [0.4, 0.5) is 5.82 Å². The standard InChI is InChI=1S/C12H19N3OS/c1-12(16,8-17-2)7-14-10-5-6-13-11(15-10)9-3-4-9/h5-6,9,16H,3-4,7-8H2,1-2H3,(H,13,14,15). The number of nitrogens with zero attached hydrogens (tertiary/aromatic N) is 2. The van der Waals surface area contributed by atoms with Crippen molar-refractivity contribution in [1.82, 2.24) is 9.97 Å². The molecule has 1 fully saturated rings. The van der Waals surface area contributed by atoms with E-state index in [1.807, 2.05) is 19.2 Å². The predicted molar refractivity (Wildman–Crippen MR) is 71.5 cm³/mol. The number of aliphatic hydroxyl groups is 1. The second-order valence-electron chi connectivity index (χ2n) is 4.86. The minimum Gasteiger partial charge on any atom is -0.387 e. The molecule has 1 heterocycles. The van der Waals surface area contributed by atoms with Crippen LogP contribution in [0.1, 0.15) is 31.5 Å². The molecule has 1 saturated carbocycles. The SMILES string of the molecule is CSCC(C)(O)CNc1ccnc(C2CC2)n1. The van der Waals surface area contributed by atoms with Gasteiger partial charge in [-0.1, -0.05) is 0 Å². The summed E-state index contributed by atoms with van der Waals surface area (Å²) in [6.45, 7) is 2.34. The third-order valence-electron chi connectivity index (χ3n) is 2.72. The second-order valence-corrected chi connectivity index (χ2v) is 5.72. The number of rotatable bonds is 6. The fraction of sp³-hybridized carbons (Fsp3) is 0.667. The summed E-state index contributed by atoms with van der Waals surface area (Å²) in [5.41, 5.74) is -0.704. The van der Waals surface area contributed by atoms with Crippen LogP contribution in [0.2, 0.25) is 0 Å². The summed E-state index contributed by atoms with van der Waals surface area (Å²) in [5.74, 6) is 3.01. The lowest BCUT2D eigenvalue weighted by Gasteiger charge is -2.22. The maximum atomic E-state index is 10.0. The van der Waals surface area contributed by atoms with E-state index in [2.05, 4.69) is 15.3 Å². The van der Waals surface area contributed by atoms with Crippen molar-refractivity contribution in [2.45, 2.75) is 31.3 Å². The van der Waals surface area contributed by atoms with Crippen LogP contribution >= 0.6 is 11.8 Å². The Hall–Kier alpha value is -0.810. The zero-order chi connectivity index (χ0) is 12.3. The molecule has 1 aromatic rings. The molecule has 0 spiro atoms. The van der Waals surface area contributed by atoms with Crippen molar-refractivity contribution >= 4 is 17.6 Å². The number of thioether (sulfide) groups is 1. The Bertz CT molecular complexity index is 380. The average Bonchev–Trinajstić information content (AvgIpc) is 3.11. The Morgan fingerprint density at radius 1 is 1.59 bits per heavy atom. The maximum Gasteiger partial charge on any atom is 0.133 e. The van der Waals surface area contributed by atoms with E-state index in [9.17, 15) is 5.11 Å². The lowest BCUT2D eigenvalue weighted by molar-refractivity contribution is 0.0996. The van der Waals surface area contributed by atoms with E-state index in [1.54, 1.807) is 18.0 Å². The Morgan fingerprint density at radius 3 is 3.00 bits per heavy atom. The highest BCUT2D eigenvalue weighted by Crippen LogP contribution is 2.38. The van der Waals surface area contributed by atoms with Crippen LogP contribution in [-0.4, -0.2) is 39.2 Å². The first-order valence-electron chi connectivity index (χ1n) is 5.89. The summed E-state index contributed by atoms with van der Waals surface area (Å²) in [4.78, 5) is 8.72. The van der Waals surface area contributed by atoms with Gasteiger partial charge in [-0.05, 0) is 32.1 Å². The Kier molecular flexibility index (Phi) is 3.89. The highest BCUT2D eigenvalue weighted by atomic mass is 32.2. The zero-order valence-corrected chi connectivity index (χ0v) is 11.1. The fourth-order valence-corrected chi connectivity index (χ4v) is 2.38. The zero-order valence-electron chi connectivity index (χ0n) is 10.3. The van der Waals surface area contributed by atoms with Crippen LogP contribution in [0.3, 0.4) is 0 Å². The summed E-state index contributed by atoms with van der Waals surface area (Å²) in [7, 11) is 0. The summed E-state index contributed by atoms with van der Waals surface area (Å²) >= 11 is 1.64. The smallest absolute Gasteiger partial charge is 0.133 e. The van der Waals surface area contributed by atoms with Gasteiger partial charge in [0.15, 0.2) is 0 Å². The molecule has 0 aliphatic heterocycles. The van der Waals surface area contributed by atoms with E-state index >= 15 is 0 Å². The number of hydrogen-bond donors (Lipinski definition) is 2. The molecule has 1 aromatic heterocycles. The van der Waals surface area contributed by atoms with Gasteiger partial charge in [0.2, 0.25) is 0 Å². The van der Waals surface area contributed by atoms with E-state index in [1.165, 1.54) is 12.8 Å². The van der Waals surface area contributed by atoms with Gasteiger partial charge in [-0.25, -0.2) is 9.97 Å². The van der Waals surface area contributed by atoms with Crippen LogP contribution in [0.25, 0.3) is 0 Å². The molecule has 1 atom stereocenters. The lowest BCUT2D eigenvalue weighted by atomic mass is 10.1. The molecule has 94 valence electrons. The third-order valence-corrected chi connectivity index (χ3v) is 3.63. The number of anilines is 1. The fourth-order valence-electron chi connectivity index (χ4n) is 1.65. The molecule has 0 saturated heterocycles. The van der Waals surface area contributed by atoms with Crippen molar-refractivity contribution < 1.29 is 5.11 Å². The summed E-state index contributed by atoms with van der Waals surface area (Å²) in [6.07, 6.45) is 6.18. The van der Waals surface area contributed by atoms with Crippen molar-refractivity contribution in [3.05, 3.63) is 18.1 Å². The third kappa shape index (κ3) is 3.85. The van der Waals surface area contributed by atoms with Gasteiger partial charge in [-0.15, -0.1) is 0 Å². The first-order chi connectivity index (χ1) is 8.11. The molecule has 0 radical (unpaired) electrons. The van der Waals surface area contributed by atoms with Crippen LogP contribution < -0.4 is 5.32 Å². The normalized spacial score (nSPS) is 18.8. The van der Waals surface area contributed by atoms with Crippen molar-refractivity contribution in [2.75, 3.05) is 23.9 Å². The highest BCUT2D eigenvalue weighted by Gasteiger charge is 2.26. The Morgan fingerprint density at radius 2 is 2.35 bits per heavy atom. The number of nitrogens with one attached hydrogen (secondary N) is 1. The molecule has 1 aliphatic rings. The Balaban J connectivity index is 1.92. The molecule has 1 aliphatic carbocycles. The first-order valence-corrected chi connectivity index (χ1v) is 7.28. The van der Waals surface area contributed by atoms with Gasteiger partial charge in [-0.3, -0.25) is 0 Å². The van der Waals surface area contributed by atoms with Gasteiger partial charge in [0, 0.05) is 24.4 Å². The molecule has 0 bridgehead atoms. The van der Waals surface area contributed by atoms with Crippen LogP contribution in [0.15, 0.2) is 12.3 Å². The largest absolute Gasteiger partial charge is 0.387 e. The van der Waals surface area contributed by atoms with Crippen LogP contribution in [-0.2, 0) is 0 Å². The quantitative estimate of drug-likeness (QED) is 0.810. The Labute approximate surface area is 106 Å². The van der Waals surface area contributed by atoms with Crippen molar-refractivity contribution in [1.29, 1.82) is 0 Å². The summed E-state index contributed by atoms with van der Waals surface area (Å²) in [5, 5.41) is 13.2. The maximum absolute atomic E-state index is 10.0. The molecule has 0 aromatic carbocycles. The van der Waals surface area contributed by atoms with Gasteiger partial charge in [0.1, 0.15) is 11.6 Å². The molecule has 1 unspecified atom stereocenters. The lowest BCUT2D eigenvalue weighted by Crippen LogP contribution is -2.36. The molecule has 5 heteroatoms. The van der Waals surface area contributed by atoms with Gasteiger partial charge < -0.3 is 10.4 Å². The van der Waals surface area contributed by atoms with Crippen molar-refractivity contribution in [2.24, 2.45) is 0 Å². The number of hydrogen-bond acceptors (Lipinski definition) is 5.